The van der Waals surface area contributed by atoms with Crippen molar-refractivity contribution in [3.63, 3.8) is 0 Å². The summed E-state index contributed by atoms with van der Waals surface area (Å²) >= 11 is 3.30. The van der Waals surface area contributed by atoms with E-state index in [1.807, 2.05) is 0 Å². The van der Waals surface area contributed by atoms with Crippen molar-refractivity contribution in [3.05, 3.63) is 63.6 Å². The van der Waals surface area contributed by atoms with Gasteiger partial charge < -0.3 is 14.9 Å². The van der Waals surface area contributed by atoms with Gasteiger partial charge in [0.15, 0.2) is 6.61 Å². The van der Waals surface area contributed by atoms with Crippen molar-refractivity contribution in [2.45, 2.75) is 0 Å². The van der Waals surface area contributed by atoms with Gasteiger partial charge in [-0.25, -0.2) is 9.59 Å². The molecule has 126 valence electrons. The quantitative estimate of drug-likeness (QED) is 0.564. The van der Waals surface area contributed by atoms with Gasteiger partial charge in [-0.15, -0.1) is 0 Å². The summed E-state index contributed by atoms with van der Waals surface area (Å²) in [5, 5.41) is 26.9. The highest BCUT2D eigenvalue weighted by atomic mass is 79.9. The fourth-order valence-corrected chi connectivity index (χ4v) is 2.51. The number of allylic oxidation sites excluding steroid dienone is 1. The van der Waals surface area contributed by atoms with E-state index in [4.69, 9.17) is 14.9 Å². The number of ether oxygens (including phenoxy) is 1. The third-order valence-electron chi connectivity index (χ3n) is 3.18. The zero-order valence-corrected chi connectivity index (χ0v) is 14.4. The van der Waals surface area contributed by atoms with Crippen LogP contribution in [0.2, 0.25) is 0 Å². The molecule has 0 radical (unpaired) electrons. The maximum absolute atomic E-state index is 10.9. The van der Waals surface area contributed by atoms with Gasteiger partial charge in [-0.1, -0.05) is 18.2 Å². The molecule has 2 rings (SSSR count). The minimum absolute atomic E-state index is 0.142. The van der Waals surface area contributed by atoms with Crippen LogP contribution < -0.4 is 4.74 Å². The van der Waals surface area contributed by atoms with E-state index in [0.29, 0.717) is 26.9 Å². The average Bonchev–Trinajstić information content (AvgIpc) is 2.58. The van der Waals surface area contributed by atoms with Crippen LogP contribution in [0.1, 0.15) is 21.5 Å². The number of hydrogen-bond donors (Lipinski definition) is 2. The number of nitrogens with zero attached hydrogens (tertiary/aromatic N) is 1. The molecule has 2 aromatic carbocycles. The van der Waals surface area contributed by atoms with Crippen molar-refractivity contribution in [1.29, 1.82) is 5.26 Å². The fourth-order valence-electron chi connectivity index (χ4n) is 2.00. The maximum Gasteiger partial charge on any atom is 0.341 e. The van der Waals surface area contributed by atoms with Gasteiger partial charge in [0.25, 0.3) is 0 Å². The van der Waals surface area contributed by atoms with Crippen LogP contribution in [0.4, 0.5) is 0 Å². The number of rotatable bonds is 6. The van der Waals surface area contributed by atoms with E-state index in [0.717, 1.165) is 0 Å². The molecule has 0 aliphatic rings. The zero-order valence-electron chi connectivity index (χ0n) is 12.8. The van der Waals surface area contributed by atoms with Gasteiger partial charge in [-0.05, 0) is 57.4 Å². The topological polar surface area (TPSA) is 108 Å². The second-order valence-electron chi connectivity index (χ2n) is 4.92. The number of halogens is 1. The van der Waals surface area contributed by atoms with Gasteiger partial charge in [0, 0.05) is 0 Å². The molecule has 0 spiro atoms. The molecule has 6 nitrogen and oxygen atoms in total. The van der Waals surface area contributed by atoms with Crippen LogP contribution in [-0.2, 0) is 4.79 Å². The standard InChI is InChI=1S/C18H12BrNO5/c19-15-8-11(1-6-16(15)25-10-17(21)22)7-14(9-20)12-2-4-13(5-3-12)18(23)24/h1-8H,10H2,(H,21,22)(H,23,24). The van der Waals surface area contributed by atoms with Crippen LogP contribution in [-0.4, -0.2) is 28.8 Å². The van der Waals surface area contributed by atoms with Crippen LogP contribution in [0.5, 0.6) is 5.75 Å². The number of aliphatic carboxylic acids is 1. The van der Waals surface area contributed by atoms with Crippen LogP contribution in [0.3, 0.4) is 0 Å². The predicted molar refractivity (Wildman–Crippen MR) is 94.2 cm³/mol. The summed E-state index contributed by atoms with van der Waals surface area (Å²) in [6.45, 7) is -0.451. The molecular weight excluding hydrogens is 390 g/mol. The molecule has 2 aromatic rings. The summed E-state index contributed by atoms with van der Waals surface area (Å²) in [4.78, 5) is 21.4. The molecule has 2 N–H and O–H groups in total. The van der Waals surface area contributed by atoms with Gasteiger partial charge in [0.2, 0.25) is 0 Å². The minimum atomic E-state index is -1.08. The molecule has 0 aromatic heterocycles. The lowest BCUT2D eigenvalue weighted by Gasteiger charge is -2.07. The van der Waals surface area contributed by atoms with Crippen molar-refractivity contribution >= 4 is 39.5 Å². The van der Waals surface area contributed by atoms with Crippen molar-refractivity contribution in [3.8, 4) is 11.8 Å². The lowest BCUT2D eigenvalue weighted by molar-refractivity contribution is -0.139. The monoisotopic (exact) mass is 401 g/mol. The fraction of sp³-hybridized carbons (Fsp3) is 0.0556. The summed E-state index contributed by atoms with van der Waals surface area (Å²) in [6, 6.07) is 13.1. The Balaban J connectivity index is 2.27. The number of carbonyl (C=O) groups is 2. The first kappa shape index (κ1) is 18.2. The molecule has 0 bridgehead atoms. The third kappa shape index (κ3) is 4.93. The largest absolute Gasteiger partial charge is 0.481 e. The molecule has 0 amide bonds. The molecule has 0 heterocycles. The molecule has 7 heteroatoms. The summed E-state index contributed by atoms with van der Waals surface area (Å²) in [6.07, 6.45) is 1.64. The van der Waals surface area contributed by atoms with Crippen LogP contribution in [0.25, 0.3) is 11.6 Å². The van der Waals surface area contributed by atoms with E-state index >= 15 is 0 Å². The summed E-state index contributed by atoms with van der Waals surface area (Å²) in [7, 11) is 0. The van der Waals surface area contributed by atoms with E-state index in [9.17, 15) is 14.9 Å². The Labute approximate surface area is 151 Å². The first-order valence-electron chi connectivity index (χ1n) is 7.00. The lowest BCUT2D eigenvalue weighted by Crippen LogP contribution is -2.09. The molecule has 0 saturated heterocycles. The highest BCUT2D eigenvalue weighted by Gasteiger charge is 2.07. The van der Waals surface area contributed by atoms with Crippen molar-refractivity contribution in [2.24, 2.45) is 0 Å². The van der Waals surface area contributed by atoms with E-state index < -0.39 is 18.5 Å². The number of carboxylic acids is 2. The molecule has 0 fully saturated rings. The smallest absolute Gasteiger partial charge is 0.341 e. The number of hydrogen-bond acceptors (Lipinski definition) is 4. The normalized spacial score (nSPS) is 10.8. The Kier molecular flexibility index (Phi) is 5.93. The van der Waals surface area contributed by atoms with Crippen LogP contribution in [0.15, 0.2) is 46.9 Å². The summed E-state index contributed by atoms with van der Waals surface area (Å²) < 4.78 is 5.67. The first-order valence-corrected chi connectivity index (χ1v) is 7.79. The molecule has 25 heavy (non-hydrogen) atoms. The third-order valence-corrected chi connectivity index (χ3v) is 3.80. The predicted octanol–water partition coefficient (Wildman–Crippen LogP) is 3.67. The molecule has 0 unspecified atom stereocenters. The van der Waals surface area contributed by atoms with E-state index in [1.165, 1.54) is 12.1 Å². The van der Waals surface area contributed by atoms with Crippen molar-refractivity contribution in [1.82, 2.24) is 0 Å². The summed E-state index contributed by atoms with van der Waals surface area (Å²) in [5.41, 5.74) is 1.80. The van der Waals surface area contributed by atoms with E-state index in [-0.39, 0.29) is 5.56 Å². The van der Waals surface area contributed by atoms with E-state index in [2.05, 4.69) is 22.0 Å². The van der Waals surface area contributed by atoms with Gasteiger partial charge in [-0.2, -0.15) is 5.26 Å². The highest BCUT2D eigenvalue weighted by Crippen LogP contribution is 2.28. The Morgan fingerprint density at radius 3 is 2.28 bits per heavy atom. The number of aromatic carboxylic acids is 1. The molecule has 0 saturated carbocycles. The molecular formula is C18H12BrNO5. The molecule has 0 aliphatic heterocycles. The number of carboxylic acid groups (broad SMARTS) is 2. The molecule has 0 atom stereocenters. The van der Waals surface area contributed by atoms with Crippen LogP contribution in [0, 0.1) is 11.3 Å². The van der Waals surface area contributed by atoms with Gasteiger partial charge >= 0.3 is 11.9 Å². The van der Waals surface area contributed by atoms with Crippen molar-refractivity contribution in [2.75, 3.05) is 6.61 Å². The Morgan fingerprint density at radius 2 is 1.76 bits per heavy atom. The zero-order chi connectivity index (χ0) is 18.4. The van der Waals surface area contributed by atoms with Crippen LogP contribution >= 0.6 is 15.9 Å². The summed E-state index contributed by atoms with van der Waals surface area (Å²) in [5.74, 6) is -1.73. The van der Waals surface area contributed by atoms with E-state index in [1.54, 1.807) is 36.4 Å². The highest BCUT2D eigenvalue weighted by molar-refractivity contribution is 9.10. The average molecular weight is 402 g/mol. The SMILES string of the molecule is N#CC(=Cc1ccc(OCC(=O)O)c(Br)c1)c1ccc(C(=O)O)cc1. The molecule has 0 aliphatic carbocycles. The van der Waals surface area contributed by atoms with Crippen molar-refractivity contribution < 1.29 is 24.5 Å². The second-order valence-corrected chi connectivity index (χ2v) is 5.78. The maximum atomic E-state index is 10.9. The number of nitriles is 1. The van der Waals surface area contributed by atoms with Gasteiger partial charge in [0.05, 0.1) is 21.7 Å². The van der Waals surface area contributed by atoms with Gasteiger partial charge in [-0.3, -0.25) is 0 Å². The Bertz CT molecular complexity index is 881. The minimum Gasteiger partial charge on any atom is -0.481 e. The number of benzene rings is 2. The lowest BCUT2D eigenvalue weighted by atomic mass is 10.0. The Hall–Kier alpha value is -3.11. The van der Waals surface area contributed by atoms with Gasteiger partial charge in [0.1, 0.15) is 5.75 Å². The second kappa shape index (κ2) is 8.13. The first-order chi connectivity index (χ1) is 11.9. The Morgan fingerprint density at radius 1 is 1.12 bits per heavy atom.